The molecule has 0 aliphatic rings. The summed E-state index contributed by atoms with van der Waals surface area (Å²) in [5.74, 6) is 0. The lowest BCUT2D eigenvalue weighted by Gasteiger charge is -2.11. The summed E-state index contributed by atoms with van der Waals surface area (Å²) >= 11 is 0. The maximum Gasteiger partial charge on any atom is 0.0422 e. The van der Waals surface area contributed by atoms with Gasteiger partial charge in [0, 0.05) is 12.6 Å². The van der Waals surface area contributed by atoms with Crippen molar-refractivity contribution in [2.75, 3.05) is 6.54 Å². The lowest BCUT2D eigenvalue weighted by atomic mass is 10.0. The molecule has 1 atom stereocenters. The molecule has 0 fully saturated rings. The minimum atomic E-state index is -0.0174. The zero-order chi connectivity index (χ0) is 8.27. The Morgan fingerprint density at radius 2 is 1.77 bits per heavy atom. The molecule has 4 N–H and O–H groups in total. The monoisotopic (exact) mass is 222 g/mol. The Labute approximate surface area is 91.5 Å². The van der Waals surface area contributed by atoms with Crippen LogP contribution in [0.15, 0.2) is 24.3 Å². The van der Waals surface area contributed by atoms with Crippen molar-refractivity contribution in [3.05, 3.63) is 35.4 Å². The van der Waals surface area contributed by atoms with Crippen molar-refractivity contribution in [1.29, 1.82) is 0 Å². The van der Waals surface area contributed by atoms with Crippen molar-refractivity contribution in [3.63, 3.8) is 0 Å². The third-order valence-electron chi connectivity index (χ3n) is 1.84. The molecular formula is C9H16Cl2N2. The van der Waals surface area contributed by atoms with Gasteiger partial charge in [-0.2, -0.15) is 0 Å². The van der Waals surface area contributed by atoms with Gasteiger partial charge >= 0.3 is 0 Å². The molecule has 0 amide bonds. The van der Waals surface area contributed by atoms with Crippen LogP contribution in [0.2, 0.25) is 0 Å². The fourth-order valence-electron chi connectivity index (χ4n) is 1.13. The highest BCUT2D eigenvalue weighted by molar-refractivity contribution is 5.85. The number of hydrogen-bond donors (Lipinski definition) is 2. The molecule has 2 nitrogen and oxygen atoms in total. The zero-order valence-corrected chi connectivity index (χ0v) is 9.20. The number of hydrogen-bond acceptors (Lipinski definition) is 2. The number of benzene rings is 1. The van der Waals surface area contributed by atoms with E-state index in [4.69, 9.17) is 11.5 Å². The highest BCUT2D eigenvalue weighted by Crippen LogP contribution is 2.13. The molecule has 0 aliphatic carbocycles. The van der Waals surface area contributed by atoms with Crippen LogP contribution < -0.4 is 11.5 Å². The second kappa shape index (κ2) is 7.15. The Morgan fingerprint density at radius 3 is 2.23 bits per heavy atom. The number of aryl methyl sites for hydroxylation is 1. The summed E-state index contributed by atoms with van der Waals surface area (Å²) < 4.78 is 0. The van der Waals surface area contributed by atoms with Crippen LogP contribution in [0.3, 0.4) is 0 Å². The highest BCUT2D eigenvalue weighted by atomic mass is 35.5. The molecule has 0 aromatic heterocycles. The molecule has 1 rings (SSSR count). The maximum absolute atomic E-state index is 5.77. The molecule has 0 radical (unpaired) electrons. The first-order valence-electron chi connectivity index (χ1n) is 3.77. The minimum absolute atomic E-state index is 0. The molecule has 0 bridgehead atoms. The van der Waals surface area contributed by atoms with E-state index in [0.717, 1.165) is 5.56 Å². The van der Waals surface area contributed by atoms with Gasteiger partial charge in [0.1, 0.15) is 0 Å². The Bertz CT molecular complexity index is 241. The Hall–Kier alpha value is -0.280. The third kappa shape index (κ3) is 3.96. The summed E-state index contributed by atoms with van der Waals surface area (Å²) in [6.45, 7) is 2.55. The van der Waals surface area contributed by atoms with Crippen molar-refractivity contribution in [3.8, 4) is 0 Å². The van der Waals surface area contributed by atoms with Crippen LogP contribution in [0.25, 0.3) is 0 Å². The Morgan fingerprint density at radius 1 is 1.23 bits per heavy atom. The number of nitrogens with two attached hydrogens (primary N) is 2. The van der Waals surface area contributed by atoms with E-state index in [1.807, 2.05) is 31.2 Å². The average Bonchev–Trinajstić information content (AvgIpc) is 2.04. The molecule has 0 saturated heterocycles. The quantitative estimate of drug-likeness (QED) is 0.803. The molecule has 76 valence electrons. The van der Waals surface area contributed by atoms with Gasteiger partial charge in [0.2, 0.25) is 0 Å². The van der Waals surface area contributed by atoms with Gasteiger partial charge in [-0.3, -0.25) is 0 Å². The van der Waals surface area contributed by atoms with Crippen LogP contribution in [0.1, 0.15) is 17.2 Å². The molecule has 0 spiro atoms. The summed E-state index contributed by atoms with van der Waals surface area (Å²) in [6, 6.07) is 8.04. The minimum Gasteiger partial charge on any atom is -0.329 e. The first-order valence-corrected chi connectivity index (χ1v) is 3.77. The fourth-order valence-corrected chi connectivity index (χ4v) is 1.13. The van der Waals surface area contributed by atoms with E-state index in [2.05, 4.69) is 0 Å². The van der Waals surface area contributed by atoms with E-state index >= 15 is 0 Å². The summed E-state index contributed by atoms with van der Waals surface area (Å²) in [6.07, 6.45) is 0. The largest absolute Gasteiger partial charge is 0.329 e. The molecule has 0 aliphatic heterocycles. The van der Waals surface area contributed by atoms with E-state index in [1.54, 1.807) is 0 Å². The van der Waals surface area contributed by atoms with Gasteiger partial charge in [0.25, 0.3) is 0 Å². The number of rotatable bonds is 2. The maximum atomic E-state index is 5.77. The molecule has 1 unspecified atom stereocenters. The molecule has 0 saturated carbocycles. The number of halogens is 2. The molecular weight excluding hydrogens is 207 g/mol. The standard InChI is InChI=1S/C9H14N2.2ClH/c1-7-4-2-3-5-8(7)9(11)6-10;;/h2-5,9H,6,10-11H2,1H3;2*1H. The van der Waals surface area contributed by atoms with Gasteiger partial charge in [-0.25, -0.2) is 0 Å². The van der Waals surface area contributed by atoms with Crippen molar-refractivity contribution < 1.29 is 0 Å². The van der Waals surface area contributed by atoms with Crippen LogP contribution in [-0.4, -0.2) is 6.54 Å². The zero-order valence-electron chi connectivity index (χ0n) is 7.57. The van der Waals surface area contributed by atoms with Gasteiger partial charge in [-0.05, 0) is 18.1 Å². The molecule has 4 heteroatoms. The van der Waals surface area contributed by atoms with Gasteiger partial charge in [0.15, 0.2) is 0 Å². The van der Waals surface area contributed by atoms with Crippen molar-refractivity contribution in [2.24, 2.45) is 11.5 Å². The normalized spacial score (nSPS) is 11.0. The Balaban J connectivity index is 0. The van der Waals surface area contributed by atoms with Gasteiger partial charge in [-0.15, -0.1) is 24.8 Å². The SMILES string of the molecule is Cc1ccccc1C(N)CN.Cl.Cl. The van der Waals surface area contributed by atoms with Crippen molar-refractivity contribution in [1.82, 2.24) is 0 Å². The molecule has 1 aromatic carbocycles. The summed E-state index contributed by atoms with van der Waals surface area (Å²) in [5, 5.41) is 0. The topological polar surface area (TPSA) is 52.0 Å². The lowest BCUT2D eigenvalue weighted by Crippen LogP contribution is -2.21. The second-order valence-electron chi connectivity index (χ2n) is 2.70. The third-order valence-corrected chi connectivity index (χ3v) is 1.84. The van der Waals surface area contributed by atoms with Gasteiger partial charge < -0.3 is 11.5 Å². The molecule has 1 aromatic rings. The van der Waals surface area contributed by atoms with Crippen LogP contribution in [-0.2, 0) is 0 Å². The van der Waals surface area contributed by atoms with E-state index in [9.17, 15) is 0 Å². The fraction of sp³-hybridized carbons (Fsp3) is 0.333. The molecule has 13 heavy (non-hydrogen) atoms. The van der Waals surface area contributed by atoms with E-state index in [1.165, 1.54) is 5.56 Å². The predicted molar refractivity (Wildman–Crippen MR) is 61.7 cm³/mol. The van der Waals surface area contributed by atoms with E-state index in [0.29, 0.717) is 6.54 Å². The van der Waals surface area contributed by atoms with Crippen molar-refractivity contribution >= 4 is 24.8 Å². The predicted octanol–water partition coefficient (Wildman–Crippen LogP) is 1.80. The van der Waals surface area contributed by atoms with Crippen LogP contribution in [0, 0.1) is 6.92 Å². The Kier molecular flexibility index (Phi) is 8.37. The van der Waals surface area contributed by atoms with Crippen molar-refractivity contribution in [2.45, 2.75) is 13.0 Å². The van der Waals surface area contributed by atoms with Crippen LogP contribution in [0.4, 0.5) is 0 Å². The lowest BCUT2D eigenvalue weighted by molar-refractivity contribution is 0.732. The van der Waals surface area contributed by atoms with Crippen LogP contribution in [0.5, 0.6) is 0 Å². The van der Waals surface area contributed by atoms with E-state index < -0.39 is 0 Å². The summed E-state index contributed by atoms with van der Waals surface area (Å²) in [4.78, 5) is 0. The first-order chi connectivity index (χ1) is 5.25. The average molecular weight is 223 g/mol. The van der Waals surface area contributed by atoms with Crippen LogP contribution >= 0.6 is 24.8 Å². The first kappa shape index (κ1) is 15.2. The van der Waals surface area contributed by atoms with Gasteiger partial charge in [0.05, 0.1) is 0 Å². The smallest absolute Gasteiger partial charge is 0.0422 e. The molecule has 0 heterocycles. The van der Waals surface area contributed by atoms with Gasteiger partial charge in [-0.1, -0.05) is 24.3 Å². The second-order valence-corrected chi connectivity index (χ2v) is 2.70. The highest BCUT2D eigenvalue weighted by Gasteiger charge is 2.04. The summed E-state index contributed by atoms with van der Waals surface area (Å²) in [7, 11) is 0. The summed E-state index contributed by atoms with van der Waals surface area (Å²) in [5.41, 5.74) is 13.6. The van der Waals surface area contributed by atoms with E-state index in [-0.39, 0.29) is 30.9 Å².